The number of nitrogens with zero attached hydrogens (tertiary/aromatic N) is 2. The molecule has 1 N–H and O–H groups in total. The van der Waals surface area contributed by atoms with E-state index in [1.165, 1.54) is 0 Å². The number of hydrogen-bond donors (Lipinski definition) is 1. The molecule has 2 aromatic rings. The summed E-state index contributed by atoms with van der Waals surface area (Å²) < 4.78 is 5.25. The second kappa shape index (κ2) is 4.98. The van der Waals surface area contributed by atoms with Gasteiger partial charge in [0, 0.05) is 11.6 Å². The highest BCUT2D eigenvalue weighted by Gasteiger charge is 2.44. The zero-order valence-electron chi connectivity index (χ0n) is 12.7. The van der Waals surface area contributed by atoms with E-state index in [1.54, 1.807) is 19.9 Å². The van der Waals surface area contributed by atoms with Gasteiger partial charge in [-0.1, -0.05) is 35.0 Å². The smallest absolute Gasteiger partial charge is 0.325 e. The summed E-state index contributed by atoms with van der Waals surface area (Å²) >= 11 is 0. The lowest BCUT2D eigenvalue weighted by Gasteiger charge is -2.14. The lowest BCUT2D eigenvalue weighted by Crippen LogP contribution is -2.40. The minimum Gasteiger partial charge on any atom is -0.359 e. The molecule has 1 aromatic carbocycles. The van der Waals surface area contributed by atoms with Crippen molar-refractivity contribution in [1.29, 1.82) is 0 Å². The second-order valence-electron chi connectivity index (χ2n) is 5.99. The van der Waals surface area contributed by atoms with E-state index < -0.39 is 11.6 Å². The van der Waals surface area contributed by atoms with Crippen LogP contribution < -0.4 is 5.32 Å². The number of aryl methyl sites for hydroxylation is 1. The van der Waals surface area contributed by atoms with Crippen molar-refractivity contribution in [1.82, 2.24) is 15.4 Å². The lowest BCUT2D eigenvalue weighted by molar-refractivity contribution is -0.130. The van der Waals surface area contributed by atoms with Crippen LogP contribution in [0.25, 0.3) is 11.3 Å². The van der Waals surface area contributed by atoms with Crippen LogP contribution in [0.3, 0.4) is 0 Å². The molecule has 3 rings (SSSR count). The summed E-state index contributed by atoms with van der Waals surface area (Å²) in [6.45, 7) is 5.43. The topological polar surface area (TPSA) is 75.4 Å². The number of imide groups is 1. The Morgan fingerprint density at radius 2 is 1.91 bits per heavy atom. The molecule has 0 saturated carbocycles. The first-order chi connectivity index (χ1) is 10.4. The summed E-state index contributed by atoms with van der Waals surface area (Å²) in [5.41, 5.74) is 1.89. The molecule has 2 heterocycles. The van der Waals surface area contributed by atoms with Gasteiger partial charge in [-0.15, -0.1) is 0 Å². The summed E-state index contributed by atoms with van der Waals surface area (Å²) in [6.07, 6.45) is 0. The Balaban J connectivity index is 1.79. The molecule has 22 heavy (non-hydrogen) atoms. The standard InChI is InChI=1S/C16H17N3O3/c1-10-4-6-11(7-5-10)13-8-12(22-18-13)9-19-14(20)16(2,3)17-15(19)21/h4-8H,9H2,1-3H3,(H,17,21). The Kier molecular flexibility index (Phi) is 3.24. The Labute approximate surface area is 128 Å². The Morgan fingerprint density at radius 3 is 2.50 bits per heavy atom. The monoisotopic (exact) mass is 299 g/mol. The Hall–Kier alpha value is -2.63. The molecular weight excluding hydrogens is 282 g/mol. The average molecular weight is 299 g/mol. The Morgan fingerprint density at radius 1 is 1.23 bits per heavy atom. The van der Waals surface area contributed by atoms with Crippen molar-refractivity contribution < 1.29 is 14.1 Å². The van der Waals surface area contributed by atoms with Crippen molar-refractivity contribution in [3.63, 3.8) is 0 Å². The van der Waals surface area contributed by atoms with E-state index in [9.17, 15) is 9.59 Å². The minimum absolute atomic E-state index is 0.0763. The molecule has 0 bridgehead atoms. The third kappa shape index (κ3) is 2.47. The van der Waals surface area contributed by atoms with Crippen LogP contribution in [0.4, 0.5) is 4.79 Å². The van der Waals surface area contributed by atoms with Gasteiger partial charge in [-0.05, 0) is 20.8 Å². The third-order valence-electron chi connectivity index (χ3n) is 3.66. The number of nitrogens with one attached hydrogen (secondary N) is 1. The van der Waals surface area contributed by atoms with Gasteiger partial charge in [0.15, 0.2) is 5.76 Å². The first kappa shape index (κ1) is 14.3. The quantitative estimate of drug-likeness (QED) is 0.883. The van der Waals surface area contributed by atoms with Gasteiger partial charge in [0.05, 0.1) is 6.54 Å². The fourth-order valence-corrected chi connectivity index (χ4v) is 2.37. The van der Waals surface area contributed by atoms with Crippen LogP contribution in [0.2, 0.25) is 0 Å². The van der Waals surface area contributed by atoms with Crippen molar-refractivity contribution >= 4 is 11.9 Å². The van der Waals surface area contributed by atoms with E-state index in [0.717, 1.165) is 16.0 Å². The fourth-order valence-electron chi connectivity index (χ4n) is 2.37. The molecule has 1 saturated heterocycles. The average Bonchev–Trinajstić information content (AvgIpc) is 2.99. The van der Waals surface area contributed by atoms with Gasteiger partial charge in [-0.2, -0.15) is 0 Å². The largest absolute Gasteiger partial charge is 0.359 e. The second-order valence-corrected chi connectivity index (χ2v) is 5.99. The summed E-state index contributed by atoms with van der Waals surface area (Å²) in [6, 6.07) is 9.22. The first-order valence-electron chi connectivity index (χ1n) is 7.03. The minimum atomic E-state index is -0.878. The molecule has 1 aromatic heterocycles. The van der Waals surface area contributed by atoms with Gasteiger partial charge < -0.3 is 9.84 Å². The highest BCUT2D eigenvalue weighted by molar-refractivity contribution is 6.06. The SMILES string of the molecule is Cc1ccc(-c2cc(CN3C(=O)NC(C)(C)C3=O)on2)cc1. The van der Waals surface area contributed by atoms with Crippen LogP contribution in [0, 0.1) is 6.92 Å². The fraction of sp³-hybridized carbons (Fsp3) is 0.312. The van der Waals surface area contributed by atoms with Crippen LogP contribution in [0.5, 0.6) is 0 Å². The summed E-state index contributed by atoms with van der Waals surface area (Å²) in [5, 5.41) is 6.63. The third-order valence-corrected chi connectivity index (χ3v) is 3.66. The molecule has 6 nitrogen and oxygen atoms in total. The predicted molar refractivity (Wildman–Crippen MR) is 79.8 cm³/mol. The summed E-state index contributed by atoms with van der Waals surface area (Å²) in [7, 11) is 0. The molecule has 0 unspecified atom stereocenters. The first-order valence-corrected chi connectivity index (χ1v) is 7.03. The zero-order chi connectivity index (χ0) is 15.9. The summed E-state index contributed by atoms with van der Waals surface area (Å²) in [4.78, 5) is 25.1. The number of urea groups is 1. The number of carbonyl (C=O) groups excluding carboxylic acids is 2. The number of benzene rings is 1. The number of aromatic nitrogens is 1. The van der Waals surface area contributed by atoms with Gasteiger partial charge >= 0.3 is 6.03 Å². The lowest BCUT2D eigenvalue weighted by atomic mass is 10.1. The van der Waals surface area contributed by atoms with Crippen molar-refractivity contribution in [3.8, 4) is 11.3 Å². The maximum Gasteiger partial charge on any atom is 0.325 e. The molecule has 1 aliphatic heterocycles. The number of amides is 3. The van der Waals surface area contributed by atoms with E-state index in [4.69, 9.17) is 4.52 Å². The molecule has 1 aliphatic rings. The highest BCUT2D eigenvalue weighted by atomic mass is 16.5. The van der Waals surface area contributed by atoms with Gasteiger partial charge in [-0.3, -0.25) is 9.69 Å². The molecule has 1 fully saturated rings. The van der Waals surface area contributed by atoms with Gasteiger partial charge in [-0.25, -0.2) is 4.79 Å². The van der Waals surface area contributed by atoms with Gasteiger partial charge in [0.25, 0.3) is 5.91 Å². The van der Waals surface area contributed by atoms with E-state index in [-0.39, 0.29) is 12.5 Å². The number of hydrogen-bond acceptors (Lipinski definition) is 4. The molecule has 114 valence electrons. The molecule has 3 amide bonds. The number of rotatable bonds is 3. The highest BCUT2D eigenvalue weighted by Crippen LogP contribution is 2.23. The van der Waals surface area contributed by atoms with Crippen LogP contribution in [0.15, 0.2) is 34.9 Å². The number of carbonyl (C=O) groups is 2. The van der Waals surface area contributed by atoms with E-state index in [0.29, 0.717) is 11.5 Å². The maximum absolute atomic E-state index is 12.1. The molecule has 6 heteroatoms. The molecule has 0 radical (unpaired) electrons. The summed E-state index contributed by atoms with van der Waals surface area (Å²) in [5.74, 6) is 0.197. The van der Waals surface area contributed by atoms with E-state index >= 15 is 0 Å². The Bertz CT molecular complexity index is 731. The van der Waals surface area contributed by atoms with E-state index in [2.05, 4.69) is 10.5 Å². The van der Waals surface area contributed by atoms with Crippen molar-refractivity contribution in [2.45, 2.75) is 32.9 Å². The van der Waals surface area contributed by atoms with Crippen molar-refractivity contribution in [2.75, 3.05) is 0 Å². The van der Waals surface area contributed by atoms with Crippen LogP contribution >= 0.6 is 0 Å². The van der Waals surface area contributed by atoms with E-state index in [1.807, 2.05) is 31.2 Å². The van der Waals surface area contributed by atoms with Crippen molar-refractivity contribution in [3.05, 3.63) is 41.7 Å². The molecule has 0 aliphatic carbocycles. The van der Waals surface area contributed by atoms with Crippen molar-refractivity contribution in [2.24, 2.45) is 0 Å². The van der Waals surface area contributed by atoms with Gasteiger partial charge in [0.2, 0.25) is 0 Å². The maximum atomic E-state index is 12.1. The van der Waals surface area contributed by atoms with Crippen LogP contribution in [-0.4, -0.2) is 27.5 Å². The molecule has 0 spiro atoms. The molecular formula is C16H17N3O3. The normalized spacial score (nSPS) is 17.0. The van der Waals surface area contributed by atoms with Crippen LogP contribution in [0.1, 0.15) is 25.2 Å². The molecule has 0 atom stereocenters. The van der Waals surface area contributed by atoms with Gasteiger partial charge in [0.1, 0.15) is 11.2 Å². The zero-order valence-corrected chi connectivity index (χ0v) is 12.7. The van der Waals surface area contributed by atoms with Crippen LogP contribution in [-0.2, 0) is 11.3 Å². The predicted octanol–water partition coefficient (Wildman–Crippen LogP) is 2.48.